The Morgan fingerprint density at radius 3 is 2.20 bits per heavy atom. The molecule has 0 unspecified atom stereocenters. The van der Waals surface area contributed by atoms with Crippen molar-refractivity contribution in [1.29, 1.82) is 5.26 Å². The molecule has 1 aliphatic heterocycles. The lowest BCUT2D eigenvalue weighted by molar-refractivity contribution is -0.142. The summed E-state index contributed by atoms with van der Waals surface area (Å²) in [5.74, 6) is -1.28. The molecule has 1 amide bonds. The number of hydrogen-bond donors (Lipinski definition) is 0. The van der Waals surface area contributed by atoms with E-state index in [9.17, 15) is 36.4 Å². The number of rotatable bonds is 5. The topological polar surface area (TPSA) is 82.4 Å². The lowest BCUT2D eigenvalue weighted by atomic mass is 10.1. The van der Waals surface area contributed by atoms with Gasteiger partial charge in [0.05, 0.1) is 21.2 Å². The smallest absolute Gasteiger partial charge is 0.434 e. The summed E-state index contributed by atoms with van der Waals surface area (Å²) in [5, 5.41) is 10.1. The molecule has 3 aromatic rings. The minimum atomic E-state index is -5.08. The number of pyridine rings is 2. The summed E-state index contributed by atoms with van der Waals surface area (Å²) < 4.78 is 85.4. The molecule has 210 valence electrons. The molecule has 0 aliphatic carbocycles. The van der Waals surface area contributed by atoms with Crippen molar-refractivity contribution in [3.8, 4) is 11.9 Å². The van der Waals surface area contributed by atoms with Gasteiger partial charge in [-0.1, -0.05) is 35.3 Å². The Hall–Kier alpha value is -3.76. The van der Waals surface area contributed by atoms with E-state index in [1.54, 1.807) is 11.0 Å². The maximum atomic E-state index is 14.0. The third-order valence-electron chi connectivity index (χ3n) is 5.92. The number of nitriles is 1. The fourth-order valence-corrected chi connectivity index (χ4v) is 4.44. The van der Waals surface area contributed by atoms with E-state index in [0.717, 1.165) is 30.3 Å². The molecule has 0 spiro atoms. The van der Waals surface area contributed by atoms with Crippen molar-refractivity contribution in [2.75, 3.05) is 31.1 Å². The molecule has 0 radical (unpaired) electrons. The predicted octanol–water partition coefficient (Wildman–Crippen LogP) is 6.23. The van der Waals surface area contributed by atoms with Gasteiger partial charge in [-0.15, -0.1) is 0 Å². The van der Waals surface area contributed by atoms with Crippen LogP contribution in [0, 0.1) is 11.3 Å². The first-order valence-corrected chi connectivity index (χ1v) is 12.2. The molecule has 2 aromatic heterocycles. The SMILES string of the molecule is N#Cc1cc(C(=O)N2CCN(c3ncc(Cl)cc3Cl)CC2)c(C(F)(F)F)nc1OCc1ccc(C(F)(F)F)cc1. The number of piperazine rings is 1. The molecule has 0 N–H and O–H groups in total. The number of hydrogen-bond acceptors (Lipinski definition) is 6. The molecule has 7 nitrogen and oxygen atoms in total. The first kappa shape index (κ1) is 29.2. The van der Waals surface area contributed by atoms with Crippen LogP contribution in [0.1, 0.15) is 32.7 Å². The van der Waals surface area contributed by atoms with Crippen LogP contribution in [0.4, 0.5) is 32.2 Å². The van der Waals surface area contributed by atoms with Crippen LogP contribution in [0.15, 0.2) is 42.6 Å². The van der Waals surface area contributed by atoms with Crippen LogP contribution < -0.4 is 9.64 Å². The molecule has 1 aromatic carbocycles. The molecule has 0 saturated carbocycles. The molecule has 0 atom stereocenters. The molecular weight excluding hydrogens is 587 g/mol. The highest BCUT2D eigenvalue weighted by molar-refractivity contribution is 6.36. The second kappa shape index (κ2) is 11.4. The highest BCUT2D eigenvalue weighted by Gasteiger charge is 2.40. The summed E-state index contributed by atoms with van der Waals surface area (Å²) in [4.78, 5) is 23.7. The molecule has 0 bridgehead atoms. The van der Waals surface area contributed by atoms with Gasteiger partial charge >= 0.3 is 12.4 Å². The van der Waals surface area contributed by atoms with Crippen molar-refractivity contribution in [3.05, 3.63) is 80.6 Å². The van der Waals surface area contributed by atoms with Crippen molar-refractivity contribution in [2.45, 2.75) is 19.0 Å². The second-order valence-electron chi connectivity index (χ2n) is 8.57. The van der Waals surface area contributed by atoms with Gasteiger partial charge in [-0.2, -0.15) is 31.6 Å². The van der Waals surface area contributed by atoms with E-state index in [2.05, 4.69) is 9.97 Å². The van der Waals surface area contributed by atoms with Crippen molar-refractivity contribution in [1.82, 2.24) is 14.9 Å². The Kier molecular flexibility index (Phi) is 8.32. The number of benzene rings is 1. The molecular formula is C25H17Cl2F6N5O2. The summed E-state index contributed by atoms with van der Waals surface area (Å²) in [6.45, 7) is 0.0336. The van der Waals surface area contributed by atoms with Crippen molar-refractivity contribution >= 4 is 34.9 Å². The summed E-state index contributed by atoms with van der Waals surface area (Å²) >= 11 is 12.0. The van der Waals surface area contributed by atoms with E-state index in [0.29, 0.717) is 10.8 Å². The van der Waals surface area contributed by atoms with E-state index in [-0.39, 0.29) is 36.8 Å². The van der Waals surface area contributed by atoms with Crippen LogP contribution in [-0.2, 0) is 19.0 Å². The standard InChI is InChI=1S/C25H17Cl2F6N5O2/c26-17-10-19(27)21(35-12-17)37-5-7-38(8-6-37)23(39)18-9-15(11-34)22(36-20(18)25(31,32)33)40-13-14-1-3-16(4-2-14)24(28,29)30/h1-4,9-10,12H,5-8,13H2. The predicted molar refractivity (Wildman–Crippen MR) is 132 cm³/mol. The lowest BCUT2D eigenvalue weighted by Gasteiger charge is -2.36. The first-order chi connectivity index (χ1) is 18.8. The summed E-state index contributed by atoms with van der Waals surface area (Å²) in [7, 11) is 0. The van der Waals surface area contributed by atoms with Gasteiger partial charge in [-0.25, -0.2) is 9.97 Å². The molecule has 1 aliphatic rings. The number of amides is 1. The van der Waals surface area contributed by atoms with Gasteiger partial charge in [0.25, 0.3) is 5.91 Å². The minimum Gasteiger partial charge on any atom is -0.472 e. The maximum Gasteiger partial charge on any atom is 0.434 e. The Labute approximate surface area is 233 Å². The van der Waals surface area contributed by atoms with Crippen LogP contribution in [0.3, 0.4) is 0 Å². The van der Waals surface area contributed by atoms with Crippen LogP contribution in [0.2, 0.25) is 10.0 Å². The van der Waals surface area contributed by atoms with Gasteiger partial charge < -0.3 is 14.5 Å². The number of carbonyl (C=O) groups is 1. The zero-order valence-electron chi connectivity index (χ0n) is 20.2. The Bertz CT molecular complexity index is 1450. The van der Waals surface area contributed by atoms with Gasteiger partial charge in [-0.05, 0) is 29.8 Å². The summed E-state index contributed by atoms with van der Waals surface area (Å²) in [5.41, 5.74) is -3.55. The van der Waals surface area contributed by atoms with Crippen LogP contribution in [0.5, 0.6) is 5.88 Å². The minimum absolute atomic E-state index is 0.0326. The second-order valence-corrected chi connectivity index (χ2v) is 9.41. The average Bonchev–Trinajstić information content (AvgIpc) is 2.90. The zero-order chi connectivity index (χ0) is 29.2. The Morgan fingerprint density at radius 2 is 1.65 bits per heavy atom. The fraction of sp³-hybridized carbons (Fsp3) is 0.280. The fourth-order valence-electron chi connectivity index (χ4n) is 3.94. The third kappa shape index (κ3) is 6.51. The molecule has 3 heterocycles. The first-order valence-electron chi connectivity index (χ1n) is 11.4. The Morgan fingerprint density at radius 1 is 1.00 bits per heavy atom. The summed E-state index contributed by atoms with van der Waals surface area (Å²) in [6, 6.07) is 7.66. The van der Waals surface area contributed by atoms with Crippen molar-refractivity contribution < 1.29 is 35.9 Å². The number of halogens is 8. The van der Waals surface area contributed by atoms with E-state index >= 15 is 0 Å². The van der Waals surface area contributed by atoms with Gasteiger partial charge in [0.15, 0.2) is 5.69 Å². The highest BCUT2D eigenvalue weighted by atomic mass is 35.5. The van der Waals surface area contributed by atoms with E-state index in [1.807, 2.05) is 0 Å². The normalized spacial score (nSPS) is 14.2. The highest BCUT2D eigenvalue weighted by Crippen LogP contribution is 2.35. The van der Waals surface area contributed by atoms with E-state index in [4.69, 9.17) is 27.9 Å². The number of aromatic nitrogens is 2. The quantitative estimate of drug-likeness (QED) is 0.321. The van der Waals surface area contributed by atoms with Crippen LogP contribution in [0.25, 0.3) is 0 Å². The number of nitrogens with zero attached hydrogens (tertiary/aromatic N) is 5. The van der Waals surface area contributed by atoms with Gasteiger partial charge in [0, 0.05) is 32.4 Å². The number of ether oxygens (including phenoxy) is 1. The Balaban J connectivity index is 1.54. The van der Waals surface area contributed by atoms with Crippen LogP contribution >= 0.6 is 23.2 Å². The van der Waals surface area contributed by atoms with Gasteiger partial charge in [-0.3, -0.25) is 4.79 Å². The maximum absolute atomic E-state index is 14.0. The van der Waals surface area contributed by atoms with Gasteiger partial charge in [0.2, 0.25) is 5.88 Å². The third-order valence-corrected chi connectivity index (χ3v) is 6.40. The number of alkyl halides is 6. The molecule has 40 heavy (non-hydrogen) atoms. The van der Waals surface area contributed by atoms with E-state index in [1.165, 1.54) is 17.2 Å². The average molecular weight is 604 g/mol. The largest absolute Gasteiger partial charge is 0.472 e. The zero-order valence-corrected chi connectivity index (χ0v) is 21.7. The monoisotopic (exact) mass is 603 g/mol. The van der Waals surface area contributed by atoms with Crippen LogP contribution in [-0.4, -0.2) is 47.0 Å². The number of anilines is 1. The van der Waals surface area contributed by atoms with Gasteiger partial charge in [0.1, 0.15) is 24.1 Å². The molecule has 1 fully saturated rings. The molecule has 15 heteroatoms. The molecule has 4 rings (SSSR count). The lowest BCUT2D eigenvalue weighted by Crippen LogP contribution is -2.49. The van der Waals surface area contributed by atoms with E-state index < -0.39 is 53.1 Å². The summed E-state index contributed by atoms with van der Waals surface area (Å²) in [6.07, 6.45) is -8.24. The molecule has 1 saturated heterocycles. The number of carbonyl (C=O) groups excluding carboxylic acids is 1. The van der Waals surface area contributed by atoms with Crippen molar-refractivity contribution in [2.24, 2.45) is 0 Å². The van der Waals surface area contributed by atoms with Crippen molar-refractivity contribution in [3.63, 3.8) is 0 Å².